The molecular formula is C59H106N5O23P2+. The number of carbonyl (C=O) groups is 6. The first-order valence-electron chi connectivity index (χ1n) is 32.1. The molecule has 13 unspecified atom stereocenters. The van der Waals surface area contributed by atoms with E-state index in [2.05, 4.69) is 16.0 Å². The Hall–Kier alpha value is -3.25. The number of nitrogens with one attached hydrogen (secondary N) is 3. The van der Waals surface area contributed by atoms with Crippen LogP contribution >= 0.6 is 15.9 Å². The molecule has 0 aromatic heterocycles. The van der Waals surface area contributed by atoms with Crippen LogP contribution in [0.2, 0.25) is 0 Å². The standard InChI is InChI=1S/C59H105N5O23P2/c1-39-31-44(38-83-88(78)82-29-30-84-89(5,79)87-45-32-43(35-65)64(34-45)53(73)24-11-8-15-25-60-42(4)68)63(33-39)52(72)23-10-7-6-9-20-47(69)46(62-51(71)22-14-18-28-81-59-41(3)55(75)57(77)49(37-67)86-59)19-12-16-26-61-50(70)21-13-17-27-80-58-40(2)54(74)56(76)48(36-66)85-58/h39-41,43-46,48-49,54-59,65-67,74-77H,6-38H2,1-5H3,(H2-,60,61,62,68,70,71)/p+1/t39-,40?,41?,43+,44?,45-,46+,48?,49?,54?,55?,56?,57?,58?,59?,89?/m1/s1. The molecule has 89 heavy (non-hydrogen) atoms. The molecule has 4 aliphatic heterocycles. The van der Waals surface area contributed by atoms with Crippen molar-refractivity contribution in [3.05, 3.63) is 0 Å². The van der Waals surface area contributed by atoms with Crippen molar-refractivity contribution in [2.75, 3.05) is 85.7 Å². The SMILES string of the molecule is CC(=O)NCCCCCC(=O)N1C[C@H](OP(C)(=O)OCCO[P+](=O)OCC2C[C@@H](C)CN2C(=O)CCCCCCC(=O)[C@H](CCCCNC(=O)CCCCOC2OC(CO)C(O)C(O)C2C)NC(=O)CCCCOC2OC(CO)C(O)C(O)C2C)C[C@H]1CO. The molecule has 28 nitrogen and oxygen atoms in total. The van der Waals surface area contributed by atoms with Gasteiger partial charge in [-0.2, -0.15) is 0 Å². The largest absolute Gasteiger partial charge is 0.697 e. The summed E-state index contributed by atoms with van der Waals surface area (Å²) in [6.07, 6.45) is 1.00. The van der Waals surface area contributed by atoms with E-state index in [1.165, 1.54) is 18.5 Å². The molecule has 514 valence electrons. The number of hydrogen-bond donors (Lipinski definition) is 10. The molecule has 0 aromatic rings. The number of rotatable bonds is 45. The fraction of sp³-hybridized carbons (Fsp3) is 0.898. The van der Waals surface area contributed by atoms with Crippen molar-refractivity contribution in [1.82, 2.24) is 25.8 Å². The second kappa shape index (κ2) is 42.2. The zero-order valence-corrected chi connectivity index (χ0v) is 54.7. The van der Waals surface area contributed by atoms with Crippen molar-refractivity contribution in [3.63, 3.8) is 0 Å². The van der Waals surface area contributed by atoms with Gasteiger partial charge in [-0.25, -0.2) is 0 Å². The van der Waals surface area contributed by atoms with Crippen molar-refractivity contribution in [2.24, 2.45) is 17.8 Å². The predicted octanol–water partition coefficient (Wildman–Crippen LogP) is 2.63. The Bertz CT molecular complexity index is 2190. The van der Waals surface area contributed by atoms with Gasteiger partial charge >= 0.3 is 15.9 Å². The van der Waals surface area contributed by atoms with Crippen LogP contribution in [-0.2, 0) is 74.9 Å². The molecule has 0 spiro atoms. The van der Waals surface area contributed by atoms with Gasteiger partial charge in [-0.05, 0) is 89.4 Å². The maximum absolute atomic E-state index is 13.7. The average Bonchev–Trinajstić information content (AvgIpc) is 2.23. The number of aliphatic hydroxyl groups excluding tert-OH is 7. The predicted molar refractivity (Wildman–Crippen MR) is 322 cm³/mol. The molecule has 30 heteroatoms. The molecule has 17 atom stereocenters. The molecule has 0 aromatic carbocycles. The van der Waals surface area contributed by atoms with E-state index in [1.54, 1.807) is 18.7 Å². The van der Waals surface area contributed by atoms with E-state index in [0.29, 0.717) is 103 Å². The summed E-state index contributed by atoms with van der Waals surface area (Å²) in [4.78, 5) is 80.2. The van der Waals surface area contributed by atoms with Gasteiger partial charge in [0.05, 0.1) is 62.9 Å². The Morgan fingerprint density at radius 1 is 0.596 bits per heavy atom. The van der Waals surface area contributed by atoms with Crippen LogP contribution in [0, 0.1) is 17.8 Å². The normalized spacial score (nSPS) is 28.3. The van der Waals surface area contributed by atoms with Crippen molar-refractivity contribution in [1.29, 1.82) is 0 Å². The third kappa shape index (κ3) is 28.5. The maximum atomic E-state index is 13.7. The summed E-state index contributed by atoms with van der Waals surface area (Å²) in [5.41, 5.74) is 0. The number of amides is 5. The van der Waals surface area contributed by atoms with Crippen LogP contribution in [0.4, 0.5) is 0 Å². The van der Waals surface area contributed by atoms with Gasteiger partial charge < -0.3 is 89.5 Å². The van der Waals surface area contributed by atoms with Crippen molar-refractivity contribution >= 4 is 51.2 Å². The summed E-state index contributed by atoms with van der Waals surface area (Å²) in [5.74, 6) is -1.81. The topological polar surface area (TPSA) is 395 Å². The summed E-state index contributed by atoms with van der Waals surface area (Å²) < 4.78 is 70.7. The van der Waals surface area contributed by atoms with Crippen LogP contribution in [0.5, 0.6) is 0 Å². The molecule has 0 aliphatic carbocycles. The van der Waals surface area contributed by atoms with Gasteiger partial charge in [0, 0.05) is 101 Å². The average molecular weight is 1320 g/mol. The number of ether oxygens (including phenoxy) is 4. The molecular weight excluding hydrogens is 1210 g/mol. The molecule has 10 N–H and O–H groups in total. The minimum Gasteiger partial charge on any atom is -0.394 e. The van der Waals surface area contributed by atoms with Gasteiger partial charge in [-0.3, -0.25) is 33.3 Å². The lowest BCUT2D eigenvalue weighted by atomic mass is 9.92. The molecule has 4 saturated heterocycles. The van der Waals surface area contributed by atoms with Gasteiger partial charge in [0.1, 0.15) is 37.6 Å². The van der Waals surface area contributed by atoms with E-state index in [0.717, 1.165) is 12.8 Å². The minimum atomic E-state index is -3.64. The number of nitrogens with zero attached hydrogens (tertiary/aromatic N) is 2. The first-order chi connectivity index (χ1) is 42.5. The van der Waals surface area contributed by atoms with E-state index in [1.807, 2.05) is 6.92 Å². The van der Waals surface area contributed by atoms with E-state index in [9.17, 15) is 73.6 Å². The molecule has 4 aliphatic rings. The Morgan fingerprint density at radius 3 is 1.70 bits per heavy atom. The number of carbonyl (C=O) groups excluding carboxylic acids is 6. The van der Waals surface area contributed by atoms with Crippen LogP contribution in [0.3, 0.4) is 0 Å². The second-order valence-corrected chi connectivity index (χ2v) is 27.2. The van der Waals surface area contributed by atoms with Crippen LogP contribution in [0.25, 0.3) is 0 Å². The highest BCUT2D eigenvalue weighted by atomic mass is 31.2. The highest BCUT2D eigenvalue weighted by Crippen LogP contribution is 2.47. The molecule has 4 fully saturated rings. The van der Waals surface area contributed by atoms with E-state index in [-0.39, 0.29) is 132 Å². The Kier molecular flexibility index (Phi) is 37.0. The Labute approximate surface area is 525 Å². The molecule has 0 bridgehead atoms. The van der Waals surface area contributed by atoms with Gasteiger partial charge in [0.25, 0.3) is 0 Å². The molecule has 4 rings (SSSR count). The van der Waals surface area contributed by atoms with Crippen molar-refractivity contribution in [2.45, 2.75) is 236 Å². The van der Waals surface area contributed by atoms with Crippen LogP contribution in [0.15, 0.2) is 0 Å². The Morgan fingerprint density at radius 2 is 1.12 bits per heavy atom. The zero-order valence-electron chi connectivity index (χ0n) is 52.9. The number of likely N-dealkylation sites (tertiary alicyclic amines) is 2. The van der Waals surface area contributed by atoms with Gasteiger partial charge in [-0.15, -0.1) is 9.05 Å². The third-order valence-corrected chi connectivity index (χ3v) is 18.8. The monoisotopic (exact) mass is 1310 g/mol. The zero-order chi connectivity index (χ0) is 65.5. The summed E-state index contributed by atoms with van der Waals surface area (Å²) in [6.45, 7) is 8.38. The molecule has 0 saturated carbocycles. The lowest BCUT2D eigenvalue weighted by molar-refractivity contribution is -0.282. The number of hydrogen-bond acceptors (Lipinski definition) is 23. The summed E-state index contributed by atoms with van der Waals surface area (Å²) in [7, 11) is -6.25. The molecule has 0 radical (unpaired) electrons. The first-order valence-corrected chi connectivity index (χ1v) is 35.2. The number of Topliss-reactive ketones (excluding diaryl/α,β-unsaturated/α-hetero) is 1. The third-order valence-electron chi connectivity index (χ3n) is 16.7. The van der Waals surface area contributed by atoms with Crippen LogP contribution in [0.1, 0.15) is 163 Å². The van der Waals surface area contributed by atoms with Gasteiger partial charge in [0.2, 0.25) is 29.5 Å². The lowest BCUT2D eigenvalue weighted by Gasteiger charge is -2.40. The lowest BCUT2D eigenvalue weighted by Crippen LogP contribution is -2.55. The highest BCUT2D eigenvalue weighted by Gasteiger charge is 2.44. The summed E-state index contributed by atoms with van der Waals surface area (Å²) in [5, 5.41) is 78.3. The minimum absolute atomic E-state index is 0.0199. The van der Waals surface area contributed by atoms with E-state index in [4.69, 9.17) is 37.0 Å². The van der Waals surface area contributed by atoms with Gasteiger partial charge in [0.15, 0.2) is 18.4 Å². The van der Waals surface area contributed by atoms with Crippen molar-refractivity contribution < 1.29 is 111 Å². The number of ketones is 1. The molecule has 5 amide bonds. The van der Waals surface area contributed by atoms with Gasteiger partial charge in [-0.1, -0.05) is 40.0 Å². The highest BCUT2D eigenvalue weighted by molar-refractivity contribution is 7.53. The van der Waals surface area contributed by atoms with E-state index >= 15 is 0 Å². The Balaban J connectivity index is 1.13. The number of unbranched alkanes of at least 4 members (excludes halogenated alkanes) is 8. The fourth-order valence-corrected chi connectivity index (χ4v) is 13.2. The summed E-state index contributed by atoms with van der Waals surface area (Å²) in [6, 6.07) is -1.56. The fourth-order valence-electron chi connectivity index (χ4n) is 11.4. The van der Waals surface area contributed by atoms with Crippen molar-refractivity contribution in [3.8, 4) is 0 Å². The quantitative estimate of drug-likeness (QED) is 0.0309. The first kappa shape index (κ1) is 78.2. The maximum Gasteiger partial charge on any atom is 0.697 e. The van der Waals surface area contributed by atoms with Crippen LogP contribution in [-0.4, -0.2) is 240 Å². The molecule has 4 heterocycles. The smallest absolute Gasteiger partial charge is 0.394 e. The van der Waals surface area contributed by atoms with Crippen LogP contribution < -0.4 is 16.0 Å². The number of aliphatic hydroxyl groups is 7. The second-order valence-electron chi connectivity index (χ2n) is 24.3. The van der Waals surface area contributed by atoms with E-state index < -0.39 is 108 Å². The summed E-state index contributed by atoms with van der Waals surface area (Å²) >= 11 is 0.